The lowest BCUT2D eigenvalue weighted by molar-refractivity contribution is -0.121. The number of aryl methyl sites for hydroxylation is 1. The molecule has 1 aliphatic heterocycles. The van der Waals surface area contributed by atoms with Crippen molar-refractivity contribution in [3.63, 3.8) is 0 Å². The number of hydrogen-bond acceptors (Lipinski definition) is 7. The predicted octanol–water partition coefficient (Wildman–Crippen LogP) is 4.24. The Morgan fingerprint density at radius 1 is 1.08 bits per heavy atom. The van der Waals surface area contributed by atoms with E-state index in [1.807, 2.05) is 12.1 Å². The van der Waals surface area contributed by atoms with Crippen molar-refractivity contribution in [2.45, 2.75) is 51.0 Å². The number of amides is 1. The number of carbonyl (C=O) groups is 1. The summed E-state index contributed by atoms with van der Waals surface area (Å²) in [4.78, 5) is 34.7. The van der Waals surface area contributed by atoms with Crippen molar-refractivity contribution in [1.82, 2.24) is 19.9 Å². The summed E-state index contributed by atoms with van der Waals surface area (Å²) in [6.45, 7) is 0.661. The second-order valence-electron chi connectivity index (χ2n) is 9.26. The number of rotatable bonds is 4. The Hall–Kier alpha value is -3.40. The number of aromatic nitrogens is 3. The summed E-state index contributed by atoms with van der Waals surface area (Å²) in [7, 11) is 0. The maximum absolute atomic E-state index is 13.5. The molecule has 1 atom stereocenters. The number of hydrogen-bond donors (Lipinski definition) is 3. The van der Waals surface area contributed by atoms with Gasteiger partial charge in [0.15, 0.2) is 0 Å². The van der Waals surface area contributed by atoms with Crippen LogP contribution < -0.4 is 27.5 Å². The molecule has 5 N–H and O–H groups in total. The first-order valence-electron chi connectivity index (χ1n) is 12.6. The number of halogens is 2. The highest BCUT2D eigenvalue weighted by Gasteiger charge is 2.20. The van der Waals surface area contributed by atoms with E-state index in [1.165, 1.54) is 17.3 Å². The molecular weight excluding hydrogens is 525 g/mol. The van der Waals surface area contributed by atoms with Crippen molar-refractivity contribution in [2.24, 2.45) is 11.6 Å². The van der Waals surface area contributed by atoms with Crippen molar-refractivity contribution in [2.75, 3.05) is 11.6 Å². The molecular formula is C27H31Cl2N7O2. The molecule has 4 rings (SSSR count). The monoisotopic (exact) mass is 555 g/mol. The van der Waals surface area contributed by atoms with Crippen LogP contribution in [0.4, 0.5) is 5.69 Å². The number of nitrogens with two attached hydrogens (primary N) is 2. The standard InChI is InChI=1S/C27H31Cl2N7O2/c28-19-8-9-23(36(31)16-25(29)30)20(14-19)21-15-27(38)35(17-34-21)24-6-2-1-3-11-33-26(37)7-4-5-18-10-12-32-22(24)13-18/h8-10,12-17,24H,1-7,11,30-31H2,(H,33,37)/b25-16-. The highest BCUT2D eigenvalue weighted by molar-refractivity contribution is 6.31. The second kappa shape index (κ2) is 12.9. The number of pyridine rings is 1. The van der Waals surface area contributed by atoms with Gasteiger partial charge in [-0.25, -0.2) is 10.8 Å². The van der Waals surface area contributed by atoms with Gasteiger partial charge >= 0.3 is 0 Å². The molecule has 3 aromatic rings. The topological polar surface area (TPSA) is 132 Å². The van der Waals surface area contributed by atoms with Crippen molar-refractivity contribution in [3.8, 4) is 11.3 Å². The smallest absolute Gasteiger partial charge is 0.254 e. The van der Waals surface area contributed by atoms with Gasteiger partial charge in [-0.3, -0.25) is 24.1 Å². The van der Waals surface area contributed by atoms with Crippen LogP contribution >= 0.6 is 23.2 Å². The third-order valence-corrected chi connectivity index (χ3v) is 6.81. The van der Waals surface area contributed by atoms with Crippen molar-refractivity contribution in [3.05, 3.63) is 86.9 Å². The normalized spacial score (nSPS) is 17.4. The molecule has 0 saturated heterocycles. The highest BCUT2D eigenvalue weighted by atomic mass is 35.5. The Labute approximate surface area is 231 Å². The minimum atomic E-state index is -0.273. The predicted molar refractivity (Wildman–Crippen MR) is 151 cm³/mol. The molecule has 0 fully saturated rings. The summed E-state index contributed by atoms with van der Waals surface area (Å²) in [6.07, 6.45) is 10.1. The summed E-state index contributed by atoms with van der Waals surface area (Å²) in [6, 6.07) is 10.3. The van der Waals surface area contributed by atoms with Gasteiger partial charge in [-0.05, 0) is 61.6 Å². The number of anilines is 1. The number of benzene rings is 1. The van der Waals surface area contributed by atoms with Gasteiger partial charge in [0, 0.05) is 35.8 Å². The lowest BCUT2D eigenvalue weighted by Gasteiger charge is -2.21. The van der Waals surface area contributed by atoms with E-state index in [0.29, 0.717) is 41.4 Å². The highest BCUT2D eigenvalue weighted by Crippen LogP contribution is 2.32. The second-order valence-corrected chi connectivity index (χ2v) is 10.1. The zero-order valence-corrected chi connectivity index (χ0v) is 22.5. The van der Waals surface area contributed by atoms with E-state index in [9.17, 15) is 9.59 Å². The van der Waals surface area contributed by atoms with Crippen LogP contribution in [0, 0.1) is 0 Å². The number of nitrogens with one attached hydrogen (secondary N) is 1. The molecule has 0 aliphatic carbocycles. The van der Waals surface area contributed by atoms with Crippen molar-refractivity contribution in [1.29, 1.82) is 0 Å². The van der Waals surface area contributed by atoms with Crippen LogP contribution in [0.3, 0.4) is 0 Å². The Morgan fingerprint density at radius 3 is 2.71 bits per heavy atom. The maximum Gasteiger partial charge on any atom is 0.254 e. The van der Waals surface area contributed by atoms with Gasteiger partial charge in [0.05, 0.1) is 35.6 Å². The molecule has 1 aliphatic rings. The largest absolute Gasteiger partial charge is 0.388 e. The molecule has 3 heterocycles. The van der Waals surface area contributed by atoms with Crippen LogP contribution in [0.15, 0.2) is 65.1 Å². The van der Waals surface area contributed by atoms with Crippen LogP contribution in [0.25, 0.3) is 11.3 Å². The molecule has 11 heteroatoms. The van der Waals surface area contributed by atoms with E-state index in [2.05, 4.69) is 15.3 Å². The molecule has 0 radical (unpaired) electrons. The SMILES string of the molecule is N/C(Cl)=C\N(N)c1ccc(Cl)cc1-c1cc(=O)n(C2CCCCCNC(=O)CCCc3ccnc2c3)cn1. The van der Waals surface area contributed by atoms with Crippen LogP contribution in [-0.2, 0) is 11.2 Å². The van der Waals surface area contributed by atoms with Crippen molar-refractivity contribution < 1.29 is 4.79 Å². The van der Waals surface area contributed by atoms with Crippen molar-refractivity contribution >= 4 is 34.8 Å². The molecule has 0 spiro atoms. The Balaban J connectivity index is 1.70. The number of hydrazine groups is 1. The quantitative estimate of drug-likeness (QED) is 0.249. The Kier molecular flexibility index (Phi) is 9.38. The molecule has 2 aromatic heterocycles. The minimum Gasteiger partial charge on any atom is -0.388 e. The molecule has 1 amide bonds. The van der Waals surface area contributed by atoms with Crippen LogP contribution in [0.2, 0.25) is 5.02 Å². The first kappa shape index (κ1) is 27.6. The maximum atomic E-state index is 13.5. The molecule has 2 bridgehead atoms. The van der Waals surface area contributed by atoms with Crippen LogP contribution in [-0.4, -0.2) is 27.0 Å². The fraction of sp³-hybridized carbons (Fsp3) is 0.333. The summed E-state index contributed by atoms with van der Waals surface area (Å²) >= 11 is 12.1. The van der Waals surface area contributed by atoms with E-state index >= 15 is 0 Å². The summed E-state index contributed by atoms with van der Waals surface area (Å²) in [5.74, 6) is 6.22. The molecule has 1 aromatic carbocycles. The zero-order valence-electron chi connectivity index (χ0n) is 20.9. The molecule has 38 heavy (non-hydrogen) atoms. The molecule has 9 nitrogen and oxygen atoms in total. The average molecular weight is 556 g/mol. The lowest BCUT2D eigenvalue weighted by Crippen LogP contribution is -2.28. The number of nitrogens with zero attached hydrogens (tertiary/aromatic N) is 4. The third-order valence-electron chi connectivity index (χ3n) is 6.48. The zero-order chi connectivity index (χ0) is 27.1. The van der Waals surface area contributed by atoms with E-state index in [4.69, 9.17) is 34.8 Å². The van der Waals surface area contributed by atoms with E-state index in [0.717, 1.165) is 43.4 Å². The van der Waals surface area contributed by atoms with Gasteiger partial charge in [0.1, 0.15) is 5.16 Å². The Morgan fingerprint density at radius 2 is 1.92 bits per heavy atom. The van der Waals surface area contributed by atoms with Gasteiger partial charge in [0.25, 0.3) is 5.56 Å². The van der Waals surface area contributed by atoms with Gasteiger partial charge < -0.3 is 11.1 Å². The molecule has 0 saturated carbocycles. The number of fused-ring (bicyclic) bond motifs is 2. The minimum absolute atomic E-state index is 0.00252. The first-order valence-corrected chi connectivity index (χ1v) is 13.3. The average Bonchev–Trinajstić information content (AvgIpc) is 2.88. The summed E-state index contributed by atoms with van der Waals surface area (Å²) in [5, 5.41) is 4.72. The summed E-state index contributed by atoms with van der Waals surface area (Å²) < 4.78 is 1.63. The van der Waals surface area contributed by atoms with Gasteiger partial charge in [-0.2, -0.15) is 0 Å². The van der Waals surface area contributed by atoms with E-state index in [1.54, 1.807) is 35.3 Å². The fourth-order valence-electron chi connectivity index (χ4n) is 4.60. The Bertz CT molecular complexity index is 1370. The van der Waals surface area contributed by atoms with Crippen LogP contribution in [0.1, 0.15) is 55.8 Å². The third kappa shape index (κ3) is 7.12. The van der Waals surface area contributed by atoms with Gasteiger partial charge in [-0.1, -0.05) is 36.0 Å². The van der Waals surface area contributed by atoms with Gasteiger partial charge in [-0.15, -0.1) is 0 Å². The number of carbonyl (C=O) groups excluding carboxylic acids is 1. The lowest BCUT2D eigenvalue weighted by atomic mass is 10.0. The molecule has 1 unspecified atom stereocenters. The fourth-order valence-corrected chi connectivity index (χ4v) is 4.88. The van der Waals surface area contributed by atoms with E-state index < -0.39 is 0 Å². The van der Waals surface area contributed by atoms with E-state index in [-0.39, 0.29) is 22.7 Å². The van der Waals surface area contributed by atoms with Gasteiger partial charge in [0.2, 0.25) is 5.91 Å². The van der Waals surface area contributed by atoms with Crippen LogP contribution in [0.5, 0.6) is 0 Å². The first-order chi connectivity index (χ1) is 18.3. The molecule has 200 valence electrons. The summed E-state index contributed by atoms with van der Waals surface area (Å²) in [5.41, 5.74) is 8.75.